The lowest BCUT2D eigenvalue weighted by atomic mass is 10.0. The van der Waals surface area contributed by atoms with Crippen molar-refractivity contribution in [3.63, 3.8) is 0 Å². The SMILES string of the molecule is CN(C)C1CCN(c2ccc(NC(=O)Cc3csc(Cc4ccc(F)cc4)n3)cc2F)CC1. The fourth-order valence-electron chi connectivity index (χ4n) is 4.12. The van der Waals surface area contributed by atoms with E-state index >= 15 is 0 Å². The number of hydrogen-bond donors (Lipinski definition) is 1. The largest absolute Gasteiger partial charge is 0.369 e. The molecule has 0 atom stereocenters. The van der Waals surface area contributed by atoms with Crippen molar-refractivity contribution >= 4 is 28.6 Å². The topological polar surface area (TPSA) is 48.5 Å². The Kier molecular flexibility index (Phi) is 7.35. The van der Waals surface area contributed by atoms with E-state index in [0.717, 1.165) is 36.5 Å². The van der Waals surface area contributed by atoms with Crippen molar-refractivity contribution in [1.29, 1.82) is 0 Å². The van der Waals surface area contributed by atoms with Crippen molar-refractivity contribution in [3.8, 4) is 0 Å². The maximum Gasteiger partial charge on any atom is 0.230 e. The Bertz CT molecular complexity index is 1090. The number of hydrogen-bond acceptors (Lipinski definition) is 5. The monoisotopic (exact) mass is 470 g/mol. The molecule has 174 valence electrons. The molecule has 0 saturated carbocycles. The van der Waals surface area contributed by atoms with Crippen molar-refractivity contribution in [2.75, 3.05) is 37.4 Å². The van der Waals surface area contributed by atoms with E-state index in [1.54, 1.807) is 24.3 Å². The molecule has 1 N–H and O–H groups in total. The summed E-state index contributed by atoms with van der Waals surface area (Å²) in [5.74, 6) is -0.840. The Morgan fingerprint density at radius 3 is 2.55 bits per heavy atom. The summed E-state index contributed by atoms with van der Waals surface area (Å²) in [6, 6.07) is 11.7. The lowest BCUT2D eigenvalue weighted by Crippen LogP contribution is -2.42. The lowest BCUT2D eigenvalue weighted by Gasteiger charge is -2.36. The molecule has 0 bridgehead atoms. The zero-order valence-corrected chi connectivity index (χ0v) is 19.7. The Morgan fingerprint density at radius 2 is 1.88 bits per heavy atom. The van der Waals surface area contributed by atoms with Crippen LogP contribution in [0.2, 0.25) is 0 Å². The molecule has 1 aliphatic heterocycles. The smallest absolute Gasteiger partial charge is 0.230 e. The van der Waals surface area contributed by atoms with Gasteiger partial charge in [0.05, 0.1) is 22.8 Å². The second kappa shape index (κ2) is 10.4. The molecule has 3 aromatic rings. The van der Waals surface area contributed by atoms with Gasteiger partial charge in [0.15, 0.2) is 0 Å². The minimum atomic E-state index is -0.327. The van der Waals surface area contributed by atoms with Gasteiger partial charge in [0.1, 0.15) is 11.6 Å². The molecule has 33 heavy (non-hydrogen) atoms. The molecule has 8 heteroatoms. The molecule has 2 heterocycles. The van der Waals surface area contributed by atoms with E-state index in [2.05, 4.69) is 34.2 Å². The Morgan fingerprint density at radius 1 is 1.15 bits per heavy atom. The van der Waals surface area contributed by atoms with Gasteiger partial charge >= 0.3 is 0 Å². The van der Waals surface area contributed by atoms with Crippen molar-refractivity contribution in [3.05, 3.63) is 75.7 Å². The molecule has 1 fully saturated rings. The van der Waals surface area contributed by atoms with Crippen molar-refractivity contribution < 1.29 is 13.6 Å². The first-order valence-corrected chi connectivity index (χ1v) is 11.9. The second-order valence-corrected chi connectivity index (χ2v) is 9.55. The van der Waals surface area contributed by atoms with Crippen LogP contribution in [0.15, 0.2) is 47.8 Å². The van der Waals surface area contributed by atoms with Crippen LogP contribution < -0.4 is 10.2 Å². The van der Waals surface area contributed by atoms with Gasteiger partial charge in [0, 0.05) is 36.6 Å². The summed E-state index contributed by atoms with van der Waals surface area (Å²) in [5, 5.41) is 5.47. The number of rotatable bonds is 7. The highest BCUT2D eigenvalue weighted by atomic mass is 32.1. The summed E-state index contributed by atoms with van der Waals surface area (Å²) in [6.45, 7) is 1.63. The van der Waals surface area contributed by atoms with E-state index < -0.39 is 0 Å². The molecule has 4 rings (SSSR count). The maximum atomic E-state index is 14.8. The van der Waals surface area contributed by atoms with Gasteiger partial charge in [-0.25, -0.2) is 13.8 Å². The Hall–Kier alpha value is -2.84. The first-order valence-electron chi connectivity index (χ1n) is 11.1. The molecule has 1 amide bonds. The zero-order valence-electron chi connectivity index (χ0n) is 18.9. The predicted octanol–water partition coefficient (Wildman–Crippen LogP) is 4.72. The van der Waals surface area contributed by atoms with Gasteiger partial charge in [-0.2, -0.15) is 0 Å². The average molecular weight is 471 g/mol. The number of carbonyl (C=O) groups excluding carboxylic acids is 1. The number of carbonyl (C=O) groups is 1. The van der Waals surface area contributed by atoms with E-state index in [1.807, 2.05) is 5.38 Å². The summed E-state index contributed by atoms with van der Waals surface area (Å²) in [4.78, 5) is 21.3. The fourth-order valence-corrected chi connectivity index (χ4v) is 4.95. The molecule has 0 spiro atoms. The van der Waals surface area contributed by atoms with Crippen molar-refractivity contribution in [2.45, 2.75) is 31.7 Å². The van der Waals surface area contributed by atoms with Crippen LogP contribution in [0, 0.1) is 11.6 Å². The molecule has 0 unspecified atom stereocenters. The van der Waals surface area contributed by atoms with E-state index in [4.69, 9.17) is 0 Å². The minimum absolute atomic E-state index is 0.112. The number of anilines is 2. The first kappa shape index (κ1) is 23.3. The number of aromatic nitrogens is 1. The standard InChI is InChI=1S/C25H28F2N4OS/c1-30(2)21-9-11-31(12-10-21)23-8-7-19(14-22(23)27)28-24(32)15-20-16-33-25(29-20)13-17-3-5-18(26)6-4-17/h3-8,14,16,21H,9-13,15H2,1-2H3,(H,28,32). The van der Waals surface area contributed by atoms with Crippen LogP contribution in [0.1, 0.15) is 29.1 Å². The van der Waals surface area contributed by atoms with Crippen LogP contribution >= 0.6 is 11.3 Å². The Labute approximate surface area is 197 Å². The molecule has 1 saturated heterocycles. The quantitative estimate of drug-likeness (QED) is 0.543. The molecule has 0 radical (unpaired) electrons. The number of nitrogens with zero attached hydrogens (tertiary/aromatic N) is 3. The van der Waals surface area contributed by atoms with Crippen LogP contribution in [0.4, 0.5) is 20.2 Å². The van der Waals surface area contributed by atoms with Crippen LogP contribution in [-0.2, 0) is 17.6 Å². The molecular weight excluding hydrogens is 442 g/mol. The maximum absolute atomic E-state index is 14.8. The van der Waals surface area contributed by atoms with Crippen LogP contribution in [0.25, 0.3) is 0 Å². The van der Waals surface area contributed by atoms with Gasteiger partial charge in [0.25, 0.3) is 0 Å². The summed E-state index contributed by atoms with van der Waals surface area (Å²) in [5.41, 5.74) is 2.64. The lowest BCUT2D eigenvalue weighted by molar-refractivity contribution is -0.115. The third-order valence-electron chi connectivity index (χ3n) is 5.98. The minimum Gasteiger partial charge on any atom is -0.369 e. The van der Waals surface area contributed by atoms with Gasteiger partial charge in [-0.1, -0.05) is 12.1 Å². The molecule has 0 aliphatic carbocycles. The van der Waals surface area contributed by atoms with Gasteiger partial charge in [-0.05, 0) is 62.8 Å². The highest BCUT2D eigenvalue weighted by molar-refractivity contribution is 7.09. The molecule has 5 nitrogen and oxygen atoms in total. The second-order valence-electron chi connectivity index (χ2n) is 8.61. The van der Waals surface area contributed by atoms with Gasteiger partial charge in [-0.3, -0.25) is 4.79 Å². The van der Waals surface area contributed by atoms with Gasteiger partial charge in [-0.15, -0.1) is 11.3 Å². The first-order chi connectivity index (χ1) is 15.9. The number of amides is 1. The highest BCUT2D eigenvalue weighted by Crippen LogP contribution is 2.27. The zero-order chi connectivity index (χ0) is 23.4. The average Bonchev–Trinajstić information content (AvgIpc) is 3.22. The summed E-state index contributed by atoms with van der Waals surface area (Å²) >= 11 is 1.47. The summed E-state index contributed by atoms with van der Waals surface area (Å²) in [7, 11) is 4.16. The molecule has 1 aromatic heterocycles. The van der Waals surface area contributed by atoms with E-state index in [9.17, 15) is 13.6 Å². The fraction of sp³-hybridized carbons (Fsp3) is 0.360. The molecule has 1 aliphatic rings. The molecular formula is C25H28F2N4OS. The number of nitrogens with one attached hydrogen (secondary N) is 1. The molecule has 2 aromatic carbocycles. The highest BCUT2D eigenvalue weighted by Gasteiger charge is 2.22. The summed E-state index contributed by atoms with van der Waals surface area (Å²) in [6.07, 6.45) is 2.70. The van der Waals surface area contributed by atoms with Crippen molar-refractivity contribution in [1.82, 2.24) is 9.88 Å². The third-order valence-corrected chi connectivity index (χ3v) is 6.87. The Balaban J connectivity index is 1.31. The van der Waals surface area contributed by atoms with Gasteiger partial charge in [0.2, 0.25) is 5.91 Å². The predicted molar refractivity (Wildman–Crippen MR) is 129 cm³/mol. The van der Waals surface area contributed by atoms with Crippen LogP contribution in [0.5, 0.6) is 0 Å². The number of piperidine rings is 1. The number of thiazole rings is 1. The van der Waals surface area contributed by atoms with E-state index in [1.165, 1.54) is 29.5 Å². The number of benzene rings is 2. The van der Waals surface area contributed by atoms with Crippen molar-refractivity contribution in [2.24, 2.45) is 0 Å². The van der Waals surface area contributed by atoms with E-state index in [0.29, 0.717) is 29.5 Å². The number of halogens is 2. The van der Waals surface area contributed by atoms with Gasteiger partial charge < -0.3 is 15.1 Å². The normalized spacial score (nSPS) is 14.6. The van der Waals surface area contributed by atoms with Crippen LogP contribution in [0.3, 0.4) is 0 Å². The third kappa shape index (κ3) is 6.15. The van der Waals surface area contributed by atoms with E-state index in [-0.39, 0.29) is 24.0 Å². The van der Waals surface area contributed by atoms with Crippen LogP contribution in [-0.4, -0.2) is 49.0 Å². The summed E-state index contributed by atoms with van der Waals surface area (Å²) < 4.78 is 27.8.